The van der Waals surface area contributed by atoms with Gasteiger partial charge >= 0.3 is 0 Å². The van der Waals surface area contributed by atoms with E-state index in [4.69, 9.17) is 4.74 Å². The molecule has 8 heteroatoms. The van der Waals surface area contributed by atoms with Crippen molar-refractivity contribution in [2.24, 2.45) is 0 Å². The average Bonchev–Trinajstić information content (AvgIpc) is 3.18. The van der Waals surface area contributed by atoms with Crippen molar-refractivity contribution in [3.8, 4) is 0 Å². The van der Waals surface area contributed by atoms with Crippen LogP contribution in [0.4, 0.5) is 0 Å². The van der Waals surface area contributed by atoms with Crippen LogP contribution in [0.1, 0.15) is 33.3 Å². The van der Waals surface area contributed by atoms with Gasteiger partial charge in [0.15, 0.2) is 0 Å². The van der Waals surface area contributed by atoms with Crippen molar-refractivity contribution < 1.29 is 9.53 Å². The van der Waals surface area contributed by atoms with E-state index < -0.39 is 0 Å². The molecule has 1 amide bonds. The summed E-state index contributed by atoms with van der Waals surface area (Å²) in [6.07, 6.45) is 4.43. The SMILES string of the molecule is Cc1cnc(C(=O)N2CC3(CC(OCc4csc(C)n4)CS3)C2)cn1. The number of carbonyl (C=O) groups excluding carboxylic acids is 1. The van der Waals surface area contributed by atoms with Crippen LogP contribution in [-0.4, -0.2) is 55.5 Å². The molecule has 2 aromatic rings. The summed E-state index contributed by atoms with van der Waals surface area (Å²) in [5.74, 6) is 0.955. The summed E-state index contributed by atoms with van der Waals surface area (Å²) in [6, 6.07) is 0. The van der Waals surface area contributed by atoms with E-state index in [0.717, 1.165) is 41.7 Å². The number of ether oxygens (including phenoxy) is 1. The van der Waals surface area contributed by atoms with E-state index in [2.05, 4.69) is 20.3 Å². The van der Waals surface area contributed by atoms with Crippen LogP contribution in [0.2, 0.25) is 0 Å². The number of aromatic nitrogens is 3. The fraction of sp³-hybridized carbons (Fsp3) is 0.529. The van der Waals surface area contributed by atoms with Gasteiger partial charge in [0.1, 0.15) is 5.69 Å². The van der Waals surface area contributed by atoms with Crippen LogP contribution in [0.25, 0.3) is 0 Å². The van der Waals surface area contributed by atoms with Crippen LogP contribution in [-0.2, 0) is 11.3 Å². The third-order valence-electron chi connectivity index (χ3n) is 4.55. The first-order valence-electron chi connectivity index (χ1n) is 8.27. The van der Waals surface area contributed by atoms with Gasteiger partial charge in [-0.1, -0.05) is 0 Å². The molecule has 4 rings (SSSR count). The zero-order valence-corrected chi connectivity index (χ0v) is 15.9. The molecule has 2 aliphatic heterocycles. The van der Waals surface area contributed by atoms with Crippen LogP contribution in [0.3, 0.4) is 0 Å². The first kappa shape index (κ1) is 16.9. The molecule has 0 radical (unpaired) electrons. The van der Waals surface area contributed by atoms with E-state index in [1.807, 2.05) is 30.5 Å². The number of rotatable bonds is 4. The van der Waals surface area contributed by atoms with Gasteiger partial charge in [-0.3, -0.25) is 9.78 Å². The molecule has 0 N–H and O–H groups in total. The summed E-state index contributed by atoms with van der Waals surface area (Å²) in [5, 5.41) is 3.13. The maximum absolute atomic E-state index is 12.4. The zero-order chi connectivity index (χ0) is 17.4. The fourth-order valence-electron chi connectivity index (χ4n) is 3.27. The number of hydrogen-bond acceptors (Lipinski definition) is 7. The van der Waals surface area contributed by atoms with Crippen LogP contribution < -0.4 is 0 Å². The van der Waals surface area contributed by atoms with E-state index in [1.54, 1.807) is 23.7 Å². The summed E-state index contributed by atoms with van der Waals surface area (Å²) in [7, 11) is 0. The highest BCUT2D eigenvalue weighted by Crippen LogP contribution is 2.46. The molecule has 0 aliphatic carbocycles. The Hall–Kier alpha value is -1.51. The number of thioether (sulfide) groups is 1. The van der Waals surface area contributed by atoms with Crippen molar-refractivity contribution in [2.45, 2.75) is 37.7 Å². The average molecular weight is 377 g/mol. The molecule has 0 bridgehead atoms. The van der Waals surface area contributed by atoms with Crippen molar-refractivity contribution in [1.29, 1.82) is 0 Å². The van der Waals surface area contributed by atoms with E-state index >= 15 is 0 Å². The molecule has 2 fully saturated rings. The highest BCUT2D eigenvalue weighted by molar-refractivity contribution is 8.01. The zero-order valence-electron chi connectivity index (χ0n) is 14.3. The minimum Gasteiger partial charge on any atom is -0.371 e. The van der Waals surface area contributed by atoms with Crippen LogP contribution >= 0.6 is 23.1 Å². The summed E-state index contributed by atoms with van der Waals surface area (Å²) in [5.41, 5.74) is 2.25. The largest absolute Gasteiger partial charge is 0.371 e. The molecule has 1 unspecified atom stereocenters. The Balaban J connectivity index is 1.28. The second kappa shape index (κ2) is 6.66. The molecule has 2 aromatic heterocycles. The van der Waals surface area contributed by atoms with Crippen molar-refractivity contribution in [3.05, 3.63) is 39.9 Å². The van der Waals surface area contributed by atoms with Gasteiger partial charge < -0.3 is 9.64 Å². The lowest BCUT2D eigenvalue weighted by Gasteiger charge is -2.47. The quantitative estimate of drug-likeness (QED) is 0.817. The highest BCUT2D eigenvalue weighted by Gasteiger charge is 2.51. The maximum Gasteiger partial charge on any atom is 0.274 e. The van der Waals surface area contributed by atoms with Crippen LogP contribution in [0.5, 0.6) is 0 Å². The molecule has 4 heterocycles. The van der Waals surface area contributed by atoms with E-state index in [0.29, 0.717) is 12.3 Å². The third kappa shape index (κ3) is 3.56. The maximum atomic E-state index is 12.4. The second-order valence-electron chi connectivity index (χ2n) is 6.69. The van der Waals surface area contributed by atoms with Gasteiger partial charge in [-0.2, -0.15) is 0 Å². The van der Waals surface area contributed by atoms with Crippen molar-refractivity contribution >= 4 is 29.0 Å². The topological polar surface area (TPSA) is 68.2 Å². The lowest BCUT2D eigenvalue weighted by atomic mass is 9.92. The van der Waals surface area contributed by atoms with Gasteiger partial charge in [-0.15, -0.1) is 23.1 Å². The molecular weight excluding hydrogens is 356 g/mol. The summed E-state index contributed by atoms with van der Waals surface area (Å²) in [4.78, 5) is 27.1. The molecule has 0 aromatic carbocycles. The number of amides is 1. The van der Waals surface area contributed by atoms with E-state index in [9.17, 15) is 4.79 Å². The summed E-state index contributed by atoms with van der Waals surface area (Å²) in [6.45, 7) is 5.98. The number of aryl methyl sites for hydroxylation is 2. The first-order valence-corrected chi connectivity index (χ1v) is 10.1. The van der Waals surface area contributed by atoms with Crippen LogP contribution in [0.15, 0.2) is 17.8 Å². The molecule has 1 atom stereocenters. The lowest BCUT2D eigenvalue weighted by Crippen LogP contribution is -2.60. The second-order valence-corrected chi connectivity index (χ2v) is 9.24. The van der Waals surface area contributed by atoms with Crippen molar-refractivity contribution in [3.63, 3.8) is 0 Å². The molecule has 6 nitrogen and oxygen atoms in total. The third-order valence-corrected chi connectivity index (χ3v) is 6.95. The number of thiazole rings is 1. The van der Waals surface area contributed by atoms with E-state index in [-0.39, 0.29) is 16.8 Å². The minimum absolute atomic E-state index is 0.0268. The highest BCUT2D eigenvalue weighted by atomic mass is 32.2. The monoisotopic (exact) mass is 376 g/mol. The Morgan fingerprint density at radius 1 is 1.36 bits per heavy atom. The Bertz CT molecular complexity index is 771. The van der Waals surface area contributed by atoms with Gasteiger partial charge in [0.2, 0.25) is 0 Å². The minimum atomic E-state index is -0.0268. The van der Waals surface area contributed by atoms with Crippen molar-refractivity contribution in [1.82, 2.24) is 19.9 Å². The van der Waals surface area contributed by atoms with Gasteiger partial charge in [0.05, 0.1) is 40.1 Å². The smallest absolute Gasteiger partial charge is 0.274 e. The molecule has 2 saturated heterocycles. The summed E-state index contributed by atoms with van der Waals surface area (Å²) >= 11 is 3.58. The van der Waals surface area contributed by atoms with Gasteiger partial charge in [-0.05, 0) is 20.3 Å². The van der Waals surface area contributed by atoms with Gasteiger partial charge in [-0.25, -0.2) is 9.97 Å². The van der Waals surface area contributed by atoms with Gasteiger partial charge in [0.25, 0.3) is 5.91 Å². The Morgan fingerprint density at radius 3 is 2.88 bits per heavy atom. The van der Waals surface area contributed by atoms with E-state index in [1.165, 1.54) is 0 Å². The Morgan fingerprint density at radius 2 is 2.20 bits per heavy atom. The fourth-order valence-corrected chi connectivity index (χ4v) is 5.41. The number of hydrogen-bond donors (Lipinski definition) is 0. The molecule has 1 spiro atoms. The number of nitrogens with zero attached hydrogens (tertiary/aromatic N) is 4. The molecule has 25 heavy (non-hydrogen) atoms. The standard InChI is InChI=1S/C17H20N4O2S2/c1-11-4-19-15(5-18-11)16(22)21-9-17(10-21)3-14(8-25-17)23-6-13-7-24-12(2)20-13/h4-5,7,14H,3,6,8-10H2,1-2H3. The number of carbonyl (C=O) groups is 1. The number of likely N-dealkylation sites (tertiary alicyclic amines) is 1. The Labute approximate surface area is 155 Å². The Kier molecular flexibility index (Phi) is 4.51. The normalized spacial score (nSPS) is 21.5. The predicted octanol–water partition coefficient (Wildman–Crippen LogP) is 2.47. The summed E-state index contributed by atoms with van der Waals surface area (Å²) < 4.78 is 6.17. The molecule has 2 aliphatic rings. The van der Waals surface area contributed by atoms with Crippen molar-refractivity contribution in [2.75, 3.05) is 18.8 Å². The van der Waals surface area contributed by atoms with Gasteiger partial charge in [0, 0.05) is 30.4 Å². The van der Waals surface area contributed by atoms with Crippen LogP contribution in [0, 0.1) is 13.8 Å². The lowest BCUT2D eigenvalue weighted by molar-refractivity contribution is 0.0244. The molecular formula is C17H20N4O2S2. The predicted molar refractivity (Wildman–Crippen MR) is 97.9 cm³/mol. The molecule has 0 saturated carbocycles. The first-order chi connectivity index (χ1) is 12.0. The molecule has 132 valence electrons.